The van der Waals surface area contributed by atoms with E-state index in [2.05, 4.69) is 26.6 Å². The number of nitrogens with one attached hydrogen (secondary N) is 2. The minimum Gasteiger partial charge on any atom is -0.494 e. The summed E-state index contributed by atoms with van der Waals surface area (Å²) in [7, 11) is 1.57. The van der Waals surface area contributed by atoms with Crippen molar-refractivity contribution in [2.24, 2.45) is 12.1 Å². The van der Waals surface area contributed by atoms with Crippen molar-refractivity contribution in [1.82, 2.24) is 19.1 Å². The van der Waals surface area contributed by atoms with Gasteiger partial charge in [-0.3, -0.25) is 18.9 Å². The molecule has 0 bridgehead atoms. The van der Waals surface area contributed by atoms with E-state index in [0.717, 1.165) is 28.0 Å². The summed E-state index contributed by atoms with van der Waals surface area (Å²) in [5.41, 5.74) is 6.63. The van der Waals surface area contributed by atoms with Crippen LogP contribution in [0.15, 0.2) is 57.2 Å². The Morgan fingerprint density at radius 1 is 1.15 bits per heavy atom. The van der Waals surface area contributed by atoms with E-state index in [0.29, 0.717) is 24.6 Å². The van der Waals surface area contributed by atoms with Crippen LogP contribution in [-0.4, -0.2) is 31.9 Å². The number of aromatic amines is 1. The second kappa shape index (κ2) is 9.15. The molecule has 0 amide bonds. The topological polar surface area (TPSA) is 106 Å². The highest BCUT2D eigenvalue weighted by atomic mass is 16.5. The molecule has 0 unspecified atom stereocenters. The van der Waals surface area contributed by atoms with Crippen LogP contribution in [0, 0.1) is 13.8 Å². The number of anilines is 1. The molecule has 2 aromatic carbocycles. The number of fused-ring (bicyclic) bond motifs is 1. The molecule has 2 N–H and O–H groups in total. The van der Waals surface area contributed by atoms with E-state index in [4.69, 9.17) is 4.74 Å². The zero-order valence-electron chi connectivity index (χ0n) is 19.0. The van der Waals surface area contributed by atoms with E-state index in [-0.39, 0.29) is 5.65 Å². The Morgan fingerprint density at radius 3 is 2.64 bits per heavy atom. The molecule has 2 heterocycles. The number of hydrogen-bond donors (Lipinski definition) is 2. The zero-order chi connectivity index (χ0) is 23.5. The Kier molecular flexibility index (Phi) is 6.12. The van der Waals surface area contributed by atoms with Gasteiger partial charge in [0, 0.05) is 7.05 Å². The van der Waals surface area contributed by atoms with E-state index < -0.39 is 11.2 Å². The third kappa shape index (κ3) is 4.57. The van der Waals surface area contributed by atoms with E-state index in [1.165, 1.54) is 4.57 Å². The van der Waals surface area contributed by atoms with Crippen LogP contribution in [0.2, 0.25) is 0 Å². The molecule has 170 valence electrons. The molecule has 0 aliphatic carbocycles. The summed E-state index contributed by atoms with van der Waals surface area (Å²) in [5.74, 6) is 1.15. The van der Waals surface area contributed by atoms with Crippen LogP contribution in [0.4, 0.5) is 5.95 Å². The monoisotopic (exact) mass is 446 g/mol. The van der Waals surface area contributed by atoms with E-state index >= 15 is 0 Å². The average Bonchev–Trinajstić information content (AvgIpc) is 3.15. The predicted octanol–water partition coefficient (Wildman–Crippen LogP) is 2.93. The first-order valence-corrected chi connectivity index (χ1v) is 10.6. The Hall–Kier alpha value is -4.14. The van der Waals surface area contributed by atoms with Gasteiger partial charge in [0.25, 0.3) is 5.56 Å². The fraction of sp³-hybridized carbons (Fsp3) is 0.250. The number of H-pyrrole nitrogens is 1. The second-order valence-corrected chi connectivity index (χ2v) is 7.81. The van der Waals surface area contributed by atoms with Crippen LogP contribution in [0.1, 0.15) is 29.2 Å². The molecule has 0 saturated heterocycles. The minimum atomic E-state index is -0.520. The summed E-state index contributed by atoms with van der Waals surface area (Å²) in [4.78, 5) is 31.7. The zero-order valence-corrected chi connectivity index (χ0v) is 19.0. The molecule has 0 aliphatic heterocycles. The standard InChI is InChI=1S/C24H26N6O3/c1-5-33-19-10-8-17(9-11-19)13-25-28-23-26-21-20(22(31)27-24(32)29(21)4)30(23)14-18-12-15(2)6-7-16(18)3/h6-13H,5,14H2,1-4H3,(H,26,28)(H,27,31,32)/b25-13-. The molecule has 33 heavy (non-hydrogen) atoms. The van der Waals surface area contributed by atoms with Gasteiger partial charge in [0.2, 0.25) is 5.95 Å². The third-order valence-corrected chi connectivity index (χ3v) is 5.41. The first-order chi connectivity index (χ1) is 15.9. The molecule has 0 fully saturated rings. The molecule has 9 nitrogen and oxygen atoms in total. The number of aryl methyl sites for hydroxylation is 3. The number of hydrazone groups is 1. The maximum Gasteiger partial charge on any atom is 0.329 e. The van der Waals surface area contributed by atoms with E-state index in [9.17, 15) is 9.59 Å². The molecular weight excluding hydrogens is 420 g/mol. The van der Waals surface area contributed by atoms with Gasteiger partial charge in [-0.05, 0) is 61.7 Å². The fourth-order valence-electron chi connectivity index (χ4n) is 3.60. The highest BCUT2D eigenvalue weighted by Gasteiger charge is 2.18. The first kappa shape index (κ1) is 22.1. The predicted molar refractivity (Wildman–Crippen MR) is 129 cm³/mol. The lowest BCUT2D eigenvalue weighted by Gasteiger charge is -2.11. The van der Waals surface area contributed by atoms with Crippen LogP contribution in [0.25, 0.3) is 11.2 Å². The Bertz CT molecular complexity index is 1440. The molecule has 9 heteroatoms. The molecule has 0 atom stereocenters. The molecule has 2 aromatic heterocycles. The van der Waals surface area contributed by atoms with Crippen LogP contribution in [0.5, 0.6) is 5.75 Å². The van der Waals surface area contributed by atoms with Gasteiger partial charge in [-0.2, -0.15) is 10.1 Å². The Balaban J connectivity index is 1.73. The van der Waals surface area contributed by atoms with Gasteiger partial charge in [0.1, 0.15) is 5.75 Å². The summed E-state index contributed by atoms with van der Waals surface area (Å²) in [6.45, 7) is 6.97. The summed E-state index contributed by atoms with van der Waals surface area (Å²) in [6.07, 6.45) is 1.65. The lowest BCUT2D eigenvalue weighted by Crippen LogP contribution is -2.29. The number of rotatable bonds is 7. The molecule has 4 aromatic rings. The van der Waals surface area contributed by atoms with Crippen molar-refractivity contribution in [3.05, 3.63) is 85.6 Å². The van der Waals surface area contributed by atoms with E-state index in [1.807, 2.05) is 57.2 Å². The number of ether oxygens (including phenoxy) is 1. The van der Waals surface area contributed by atoms with Crippen molar-refractivity contribution >= 4 is 23.3 Å². The van der Waals surface area contributed by atoms with Crippen LogP contribution < -0.4 is 21.4 Å². The smallest absolute Gasteiger partial charge is 0.329 e. The van der Waals surface area contributed by atoms with Gasteiger partial charge in [-0.1, -0.05) is 23.8 Å². The normalized spacial score (nSPS) is 11.4. The average molecular weight is 447 g/mol. The van der Waals surface area contributed by atoms with E-state index in [1.54, 1.807) is 17.8 Å². The SMILES string of the molecule is CCOc1ccc(/C=N\Nc2nc3c(c(=O)[nH]c(=O)n3C)n2Cc2cc(C)ccc2C)cc1. The van der Waals surface area contributed by atoms with Crippen LogP contribution >= 0.6 is 0 Å². The third-order valence-electron chi connectivity index (χ3n) is 5.41. The van der Waals surface area contributed by atoms with Gasteiger partial charge < -0.3 is 4.74 Å². The lowest BCUT2D eigenvalue weighted by molar-refractivity contribution is 0.340. The summed E-state index contributed by atoms with van der Waals surface area (Å²) >= 11 is 0. The highest BCUT2D eigenvalue weighted by molar-refractivity contribution is 5.80. The van der Waals surface area contributed by atoms with Gasteiger partial charge in [-0.15, -0.1) is 0 Å². The summed E-state index contributed by atoms with van der Waals surface area (Å²) < 4.78 is 8.51. The van der Waals surface area contributed by atoms with Gasteiger partial charge >= 0.3 is 5.69 Å². The number of aromatic nitrogens is 4. The Labute approximate surface area is 190 Å². The van der Waals surface area contributed by atoms with Gasteiger partial charge in [0.15, 0.2) is 11.2 Å². The van der Waals surface area contributed by atoms with Crippen molar-refractivity contribution in [3.63, 3.8) is 0 Å². The van der Waals surface area contributed by atoms with Crippen molar-refractivity contribution in [1.29, 1.82) is 0 Å². The largest absolute Gasteiger partial charge is 0.494 e. The quantitative estimate of drug-likeness (QED) is 0.335. The van der Waals surface area contributed by atoms with Crippen LogP contribution in [-0.2, 0) is 13.6 Å². The van der Waals surface area contributed by atoms with Crippen molar-refractivity contribution in [3.8, 4) is 5.75 Å². The minimum absolute atomic E-state index is 0.285. The number of imidazole rings is 1. The first-order valence-electron chi connectivity index (χ1n) is 10.6. The van der Waals surface area contributed by atoms with Crippen molar-refractivity contribution in [2.75, 3.05) is 12.0 Å². The maximum atomic E-state index is 12.7. The van der Waals surface area contributed by atoms with Crippen molar-refractivity contribution < 1.29 is 4.74 Å². The molecule has 0 radical (unpaired) electrons. The van der Waals surface area contributed by atoms with Gasteiger partial charge in [0.05, 0.1) is 19.4 Å². The highest BCUT2D eigenvalue weighted by Crippen LogP contribution is 2.20. The molecular formula is C24H26N6O3. The second-order valence-electron chi connectivity index (χ2n) is 7.81. The molecule has 0 saturated carbocycles. The molecule has 0 aliphatic rings. The molecule has 4 rings (SSSR count). The van der Waals surface area contributed by atoms with Crippen molar-refractivity contribution in [2.45, 2.75) is 27.3 Å². The number of benzene rings is 2. The maximum absolute atomic E-state index is 12.7. The number of hydrogen-bond acceptors (Lipinski definition) is 6. The summed E-state index contributed by atoms with van der Waals surface area (Å²) in [6, 6.07) is 13.7. The molecule has 0 spiro atoms. The lowest BCUT2D eigenvalue weighted by atomic mass is 10.1. The van der Waals surface area contributed by atoms with Gasteiger partial charge in [-0.25, -0.2) is 10.2 Å². The Morgan fingerprint density at radius 2 is 1.91 bits per heavy atom. The summed E-state index contributed by atoms with van der Waals surface area (Å²) in [5, 5.41) is 4.31. The number of nitrogens with zero attached hydrogens (tertiary/aromatic N) is 4. The fourth-order valence-corrected chi connectivity index (χ4v) is 3.60. The van der Waals surface area contributed by atoms with Crippen LogP contribution in [0.3, 0.4) is 0 Å².